The average molecular weight is 338 g/mol. The van der Waals surface area contributed by atoms with Gasteiger partial charge in [0.05, 0.1) is 0 Å². The Morgan fingerprint density at radius 2 is 1.95 bits per heavy atom. The van der Waals surface area contributed by atoms with E-state index in [1.807, 2.05) is 19.2 Å². The smallest absolute Gasteiger partial charge is 0.161 e. The molecule has 1 aromatic heterocycles. The fourth-order valence-electron chi connectivity index (χ4n) is 1.96. The van der Waals surface area contributed by atoms with Crippen molar-refractivity contribution in [3.8, 4) is 11.4 Å². The van der Waals surface area contributed by atoms with Crippen LogP contribution in [0.15, 0.2) is 28.7 Å². The van der Waals surface area contributed by atoms with E-state index in [1.54, 1.807) is 0 Å². The van der Waals surface area contributed by atoms with Gasteiger partial charge in [-0.3, -0.25) is 0 Å². The number of benzene rings is 1. The van der Waals surface area contributed by atoms with Gasteiger partial charge < -0.3 is 5.32 Å². The molecule has 0 saturated carbocycles. The van der Waals surface area contributed by atoms with E-state index in [2.05, 4.69) is 45.1 Å². The lowest BCUT2D eigenvalue weighted by Crippen LogP contribution is -2.04. The highest BCUT2D eigenvalue weighted by atomic mass is 79.9. The molecule has 5 heteroatoms. The van der Waals surface area contributed by atoms with Crippen molar-refractivity contribution in [2.24, 2.45) is 5.92 Å². The summed E-state index contributed by atoms with van der Waals surface area (Å²) in [5.74, 6) is 1.47. The summed E-state index contributed by atoms with van der Waals surface area (Å²) in [6.07, 6.45) is 0.862. The van der Waals surface area contributed by atoms with Crippen molar-refractivity contribution in [2.45, 2.75) is 20.3 Å². The van der Waals surface area contributed by atoms with E-state index in [-0.39, 0.29) is 5.82 Å². The van der Waals surface area contributed by atoms with Crippen LogP contribution in [0.2, 0.25) is 0 Å². The van der Waals surface area contributed by atoms with Crippen LogP contribution in [-0.2, 0) is 6.42 Å². The summed E-state index contributed by atoms with van der Waals surface area (Å²) in [7, 11) is 1.81. The number of hydrogen-bond acceptors (Lipinski definition) is 3. The first-order valence-electron chi connectivity index (χ1n) is 6.50. The third-order valence-corrected chi connectivity index (χ3v) is 3.23. The first-order valence-corrected chi connectivity index (χ1v) is 7.29. The first-order chi connectivity index (χ1) is 9.47. The van der Waals surface area contributed by atoms with Crippen molar-refractivity contribution in [3.63, 3.8) is 0 Å². The molecule has 0 bridgehead atoms. The maximum Gasteiger partial charge on any atom is 0.161 e. The number of nitrogens with zero attached hydrogens (tertiary/aromatic N) is 2. The zero-order valence-electron chi connectivity index (χ0n) is 11.7. The van der Waals surface area contributed by atoms with Gasteiger partial charge in [0, 0.05) is 28.8 Å². The Balaban J connectivity index is 2.49. The van der Waals surface area contributed by atoms with Gasteiger partial charge in [-0.15, -0.1) is 0 Å². The van der Waals surface area contributed by atoms with Crippen molar-refractivity contribution in [3.05, 3.63) is 40.2 Å². The molecule has 0 atom stereocenters. The summed E-state index contributed by atoms with van der Waals surface area (Å²) < 4.78 is 14.2. The Hall–Kier alpha value is -1.49. The largest absolute Gasteiger partial charge is 0.373 e. The van der Waals surface area contributed by atoms with E-state index in [9.17, 15) is 4.39 Å². The Morgan fingerprint density at radius 1 is 1.20 bits per heavy atom. The van der Waals surface area contributed by atoms with Crippen LogP contribution in [0.1, 0.15) is 19.5 Å². The molecule has 1 aromatic carbocycles. The van der Waals surface area contributed by atoms with Crippen LogP contribution in [0.25, 0.3) is 11.4 Å². The summed E-state index contributed by atoms with van der Waals surface area (Å²) >= 11 is 3.29. The topological polar surface area (TPSA) is 37.8 Å². The molecule has 2 rings (SSSR count). The third-order valence-electron chi connectivity index (χ3n) is 2.77. The minimum atomic E-state index is -0.307. The Bertz CT molecular complexity index is 594. The van der Waals surface area contributed by atoms with Crippen LogP contribution in [-0.4, -0.2) is 17.0 Å². The maximum absolute atomic E-state index is 13.5. The fraction of sp³-hybridized carbons (Fsp3) is 0.333. The zero-order valence-corrected chi connectivity index (χ0v) is 13.3. The normalized spacial score (nSPS) is 10.9. The Labute approximate surface area is 126 Å². The lowest BCUT2D eigenvalue weighted by Gasteiger charge is -2.10. The number of aromatic nitrogens is 2. The van der Waals surface area contributed by atoms with Gasteiger partial charge in [-0.05, 0) is 30.5 Å². The van der Waals surface area contributed by atoms with Crippen molar-refractivity contribution in [2.75, 3.05) is 12.4 Å². The van der Waals surface area contributed by atoms with E-state index in [1.165, 1.54) is 12.1 Å². The molecule has 2 aromatic rings. The van der Waals surface area contributed by atoms with Crippen LogP contribution in [0.3, 0.4) is 0 Å². The highest BCUT2D eigenvalue weighted by Crippen LogP contribution is 2.24. The maximum atomic E-state index is 13.5. The molecule has 20 heavy (non-hydrogen) atoms. The van der Waals surface area contributed by atoms with Gasteiger partial charge in [0.2, 0.25) is 0 Å². The molecule has 0 amide bonds. The molecule has 0 spiro atoms. The van der Waals surface area contributed by atoms with Crippen LogP contribution in [0.5, 0.6) is 0 Å². The molecule has 0 aliphatic carbocycles. The van der Waals surface area contributed by atoms with Crippen molar-refractivity contribution >= 4 is 21.7 Å². The van der Waals surface area contributed by atoms with E-state index in [0.29, 0.717) is 21.8 Å². The monoisotopic (exact) mass is 337 g/mol. The number of halogens is 2. The minimum Gasteiger partial charge on any atom is -0.373 e. The number of anilines is 1. The summed E-state index contributed by atoms with van der Waals surface area (Å²) in [6, 6.07) is 6.61. The van der Waals surface area contributed by atoms with Crippen LogP contribution in [0, 0.1) is 11.7 Å². The van der Waals surface area contributed by atoms with E-state index in [4.69, 9.17) is 0 Å². The SMILES string of the molecule is CNc1cc(CC(C)C)nc(-c2cc(F)cc(Br)c2)n1. The second-order valence-electron chi connectivity index (χ2n) is 5.07. The zero-order chi connectivity index (χ0) is 14.7. The molecule has 0 radical (unpaired) electrons. The number of hydrogen-bond donors (Lipinski definition) is 1. The summed E-state index contributed by atoms with van der Waals surface area (Å²) in [4.78, 5) is 8.94. The van der Waals surface area contributed by atoms with Gasteiger partial charge in [-0.25, -0.2) is 14.4 Å². The average Bonchev–Trinajstić information content (AvgIpc) is 2.36. The second kappa shape index (κ2) is 6.31. The van der Waals surface area contributed by atoms with E-state index >= 15 is 0 Å². The molecule has 0 saturated heterocycles. The number of nitrogens with one attached hydrogen (secondary N) is 1. The van der Waals surface area contributed by atoms with Gasteiger partial charge in [-0.1, -0.05) is 29.8 Å². The fourth-order valence-corrected chi connectivity index (χ4v) is 2.43. The van der Waals surface area contributed by atoms with Crippen LogP contribution < -0.4 is 5.32 Å². The van der Waals surface area contributed by atoms with E-state index < -0.39 is 0 Å². The molecule has 0 fully saturated rings. The van der Waals surface area contributed by atoms with E-state index in [0.717, 1.165) is 17.9 Å². The second-order valence-corrected chi connectivity index (χ2v) is 5.99. The van der Waals surface area contributed by atoms with Gasteiger partial charge >= 0.3 is 0 Å². The van der Waals surface area contributed by atoms with Crippen LogP contribution in [0.4, 0.5) is 10.2 Å². The lowest BCUT2D eigenvalue weighted by atomic mass is 10.1. The minimum absolute atomic E-state index is 0.307. The molecule has 0 unspecified atom stereocenters. The lowest BCUT2D eigenvalue weighted by molar-refractivity contribution is 0.626. The third kappa shape index (κ3) is 3.76. The standard InChI is InChI=1S/C15H17BrFN3/c1-9(2)4-13-8-14(18-3)20-15(19-13)10-5-11(16)7-12(17)6-10/h5-9H,4H2,1-3H3,(H,18,19,20). The molecule has 3 nitrogen and oxygen atoms in total. The highest BCUT2D eigenvalue weighted by Gasteiger charge is 2.09. The van der Waals surface area contributed by atoms with Crippen molar-refractivity contribution in [1.82, 2.24) is 9.97 Å². The molecule has 1 heterocycles. The predicted molar refractivity (Wildman–Crippen MR) is 83.2 cm³/mol. The van der Waals surface area contributed by atoms with Crippen molar-refractivity contribution in [1.29, 1.82) is 0 Å². The van der Waals surface area contributed by atoms with Gasteiger partial charge in [0.25, 0.3) is 0 Å². The molecule has 106 valence electrons. The summed E-state index contributed by atoms with van der Waals surface area (Å²) in [5.41, 5.74) is 1.62. The predicted octanol–water partition coefficient (Wildman–Crippen LogP) is 4.29. The Morgan fingerprint density at radius 3 is 2.55 bits per heavy atom. The quantitative estimate of drug-likeness (QED) is 0.904. The Kier molecular flexibility index (Phi) is 4.70. The molecule has 0 aliphatic heterocycles. The van der Waals surface area contributed by atoms with Gasteiger partial charge in [0.15, 0.2) is 5.82 Å². The molecule has 0 aliphatic rings. The first kappa shape index (κ1) is 14.9. The van der Waals surface area contributed by atoms with Crippen molar-refractivity contribution < 1.29 is 4.39 Å². The molecular formula is C15H17BrFN3. The van der Waals surface area contributed by atoms with Gasteiger partial charge in [0.1, 0.15) is 11.6 Å². The summed E-state index contributed by atoms with van der Waals surface area (Å²) in [5, 5.41) is 3.02. The molecule has 1 N–H and O–H groups in total. The van der Waals surface area contributed by atoms with Gasteiger partial charge in [-0.2, -0.15) is 0 Å². The summed E-state index contributed by atoms with van der Waals surface area (Å²) in [6.45, 7) is 4.28. The molecular weight excluding hydrogens is 321 g/mol. The van der Waals surface area contributed by atoms with Crippen LogP contribution >= 0.6 is 15.9 Å². The number of rotatable bonds is 4. The highest BCUT2D eigenvalue weighted by molar-refractivity contribution is 9.10.